The van der Waals surface area contributed by atoms with Gasteiger partial charge in [-0.25, -0.2) is 9.67 Å². The summed E-state index contributed by atoms with van der Waals surface area (Å²) in [4.78, 5) is 17.0. The Morgan fingerprint density at radius 1 is 1.24 bits per heavy atom. The van der Waals surface area contributed by atoms with Gasteiger partial charge in [0, 0.05) is 11.2 Å². The lowest BCUT2D eigenvalue weighted by atomic mass is 10.1. The topological polar surface area (TPSA) is 59.8 Å². The van der Waals surface area contributed by atoms with Gasteiger partial charge in [0.25, 0.3) is 5.91 Å². The average molecular weight is 355 g/mol. The van der Waals surface area contributed by atoms with Gasteiger partial charge in [-0.05, 0) is 43.2 Å². The number of benzene rings is 1. The fourth-order valence-electron chi connectivity index (χ4n) is 2.69. The highest BCUT2D eigenvalue weighted by molar-refractivity contribution is 6.30. The number of carbonyl (C=O) groups is 1. The lowest BCUT2D eigenvalue weighted by Crippen LogP contribution is -2.27. The fraction of sp³-hybridized carbons (Fsp3) is 0.211. The summed E-state index contributed by atoms with van der Waals surface area (Å²) in [5, 5.41) is 8.03. The van der Waals surface area contributed by atoms with E-state index in [1.165, 1.54) is 0 Å². The summed E-state index contributed by atoms with van der Waals surface area (Å²) in [6, 6.07) is 12.9. The third-order valence-electron chi connectivity index (χ3n) is 4.03. The number of aromatic nitrogens is 3. The van der Waals surface area contributed by atoms with Crippen molar-refractivity contribution in [2.75, 3.05) is 0 Å². The Balaban J connectivity index is 1.83. The predicted molar refractivity (Wildman–Crippen MR) is 98.1 cm³/mol. The Hall–Kier alpha value is -2.66. The Bertz CT molecular complexity index is 859. The van der Waals surface area contributed by atoms with Gasteiger partial charge in [-0.2, -0.15) is 5.10 Å². The molecule has 0 saturated carbocycles. The van der Waals surface area contributed by atoms with Crippen molar-refractivity contribution in [3.05, 3.63) is 76.7 Å². The van der Waals surface area contributed by atoms with Crippen LogP contribution >= 0.6 is 11.6 Å². The Morgan fingerprint density at radius 2 is 2.00 bits per heavy atom. The van der Waals surface area contributed by atoms with Gasteiger partial charge >= 0.3 is 0 Å². The van der Waals surface area contributed by atoms with Crippen molar-refractivity contribution in [3.63, 3.8) is 0 Å². The van der Waals surface area contributed by atoms with Gasteiger partial charge in [0.05, 0.1) is 23.5 Å². The first-order valence-electron chi connectivity index (χ1n) is 8.14. The molecule has 0 aliphatic carbocycles. The highest BCUT2D eigenvalue weighted by Crippen LogP contribution is 2.18. The molecule has 0 fully saturated rings. The zero-order valence-corrected chi connectivity index (χ0v) is 14.9. The molecule has 0 aliphatic heterocycles. The molecule has 0 unspecified atom stereocenters. The normalized spacial score (nSPS) is 12.0. The number of nitrogens with one attached hydrogen (secondary N) is 1. The summed E-state index contributed by atoms with van der Waals surface area (Å²) in [5.74, 6) is 0.547. The molecule has 5 nitrogen and oxygen atoms in total. The van der Waals surface area contributed by atoms with E-state index in [4.69, 9.17) is 11.6 Å². The van der Waals surface area contributed by atoms with Crippen molar-refractivity contribution in [2.24, 2.45) is 0 Å². The number of hydrogen-bond acceptors (Lipinski definition) is 3. The minimum atomic E-state index is -0.151. The molecule has 0 spiro atoms. The molecule has 0 bridgehead atoms. The third kappa shape index (κ3) is 3.72. The molecule has 2 heterocycles. The smallest absolute Gasteiger partial charge is 0.255 e. The number of amides is 1. The average Bonchev–Trinajstić information content (AvgIpc) is 3.07. The molecule has 6 heteroatoms. The van der Waals surface area contributed by atoms with Crippen LogP contribution < -0.4 is 5.32 Å². The number of nitrogens with zero attached hydrogens (tertiary/aromatic N) is 3. The molecule has 0 aliphatic rings. The molecule has 3 rings (SSSR count). The maximum Gasteiger partial charge on any atom is 0.255 e. The van der Waals surface area contributed by atoms with Crippen molar-refractivity contribution in [3.8, 4) is 5.82 Å². The lowest BCUT2D eigenvalue weighted by molar-refractivity contribution is 0.0939. The Morgan fingerprint density at radius 3 is 2.64 bits per heavy atom. The van der Waals surface area contributed by atoms with Crippen LogP contribution in [-0.2, 0) is 6.42 Å². The summed E-state index contributed by atoms with van der Waals surface area (Å²) >= 11 is 5.91. The predicted octanol–water partition coefficient (Wildman–Crippen LogP) is 3.97. The maximum absolute atomic E-state index is 12.7. The fourth-order valence-corrected chi connectivity index (χ4v) is 2.82. The standard InChI is InChI=1S/C19H19ClN4O/c1-3-17-16(12-22-24(17)18-6-4-5-11-21-18)19(25)23-13(2)14-7-9-15(20)10-8-14/h4-13H,3H2,1-2H3,(H,23,25)/t13-/m0/s1. The first-order valence-corrected chi connectivity index (χ1v) is 8.52. The molecule has 1 atom stereocenters. The van der Waals surface area contributed by atoms with Crippen molar-refractivity contribution in [1.29, 1.82) is 0 Å². The summed E-state index contributed by atoms with van der Waals surface area (Å²) < 4.78 is 1.71. The van der Waals surface area contributed by atoms with Crippen molar-refractivity contribution < 1.29 is 4.79 Å². The second-order valence-electron chi connectivity index (χ2n) is 5.70. The van der Waals surface area contributed by atoms with E-state index in [2.05, 4.69) is 15.4 Å². The summed E-state index contributed by atoms with van der Waals surface area (Å²) in [7, 11) is 0. The van der Waals surface area contributed by atoms with Crippen molar-refractivity contribution in [2.45, 2.75) is 26.3 Å². The molecule has 128 valence electrons. The molecular formula is C19H19ClN4O. The van der Waals surface area contributed by atoms with Gasteiger partial charge in [0.15, 0.2) is 5.82 Å². The van der Waals surface area contributed by atoms with Gasteiger partial charge in [-0.15, -0.1) is 0 Å². The van der Waals surface area contributed by atoms with Crippen molar-refractivity contribution >= 4 is 17.5 Å². The van der Waals surface area contributed by atoms with E-state index in [1.807, 2.05) is 56.3 Å². The highest BCUT2D eigenvalue weighted by Gasteiger charge is 2.19. The van der Waals surface area contributed by atoms with Gasteiger partial charge in [-0.1, -0.05) is 36.7 Å². The van der Waals surface area contributed by atoms with Crippen LogP contribution in [-0.4, -0.2) is 20.7 Å². The zero-order chi connectivity index (χ0) is 17.8. The van der Waals surface area contributed by atoms with Gasteiger partial charge in [0.2, 0.25) is 0 Å². The van der Waals surface area contributed by atoms with E-state index in [-0.39, 0.29) is 11.9 Å². The summed E-state index contributed by atoms with van der Waals surface area (Å²) in [6.07, 6.45) is 3.98. The van der Waals surface area contributed by atoms with Crippen LogP contribution in [0.3, 0.4) is 0 Å². The third-order valence-corrected chi connectivity index (χ3v) is 4.28. The SMILES string of the molecule is CCc1c(C(=O)N[C@@H](C)c2ccc(Cl)cc2)cnn1-c1ccccn1. The Kier molecular flexibility index (Phi) is 5.14. The van der Waals surface area contributed by atoms with Crippen LogP contribution in [0.15, 0.2) is 54.9 Å². The van der Waals surface area contributed by atoms with E-state index in [0.717, 1.165) is 11.3 Å². The van der Waals surface area contributed by atoms with E-state index >= 15 is 0 Å². The molecule has 3 aromatic rings. The summed E-state index contributed by atoms with van der Waals surface area (Å²) in [6.45, 7) is 3.94. The van der Waals surface area contributed by atoms with E-state index in [0.29, 0.717) is 22.8 Å². The lowest BCUT2D eigenvalue weighted by Gasteiger charge is -2.14. The minimum Gasteiger partial charge on any atom is -0.345 e. The van der Waals surface area contributed by atoms with Gasteiger partial charge < -0.3 is 5.32 Å². The zero-order valence-electron chi connectivity index (χ0n) is 14.1. The van der Waals surface area contributed by atoms with E-state index in [1.54, 1.807) is 17.1 Å². The molecular weight excluding hydrogens is 336 g/mol. The van der Waals surface area contributed by atoms with Crippen LogP contribution in [0.4, 0.5) is 0 Å². The number of rotatable bonds is 5. The number of pyridine rings is 1. The van der Waals surface area contributed by atoms with E-state index in [9.17, 15) is 4.79 Å². The van der Waals surface area contributed by atoms with Crippen LogP contribution in [0.5, 0.6) is 0 Å². The molecule has 1 aromatic carbocycles. The van der Waals surface area contributed by atoms with Crippen LogP contribution in [0, 0.1) is 0 Å². The number of carbonyl (C=O) groups excluding carboxylic acids is 1. The molecule has 1 N–H and O–H groups in total. The second-order valence-corrected chi connectivity index (χ2v) is 6.14. The van der Waals surface area contributed by atoms with Crippen molar-refractivity contribution in [1.82, 2.24) is 20.1 Å². The second kappa shape index (κ2) is 7.49. The Labute approximate surface area is 151 Å². The first kappa shape index (κ1) is 17.2. The van der Waals surface area contributed by atoms with Crippen LogP contribution in [0.1, 0.15) is 41.5 Å². The molecule has 0 radical (unpaired) electrons. The number of halogens is 1. The highest BCUT2D eigenvalue weighted by atomic mass is 35.5. The first-order chi connectivity index (χ1) is 12.1. The monoisotopic (exact) mass is 354 g/mol. The van der Waals surface area contributed by atoms with Gasteiger partial charge in [0.1, 0.15) is 0 Å². The largest absolute Gasteiger partial charge is 0.345 e. The molecule has 0 saturated heterocycles. The van der Waals surface area contributed by atoms with Crippen LogP contribution in [0.25, 0.3) is 5.82 Å². The molecule has 1 amide bonds. The van der Waals surface area contributed by atoms with Crippen LogP contribution in [0.2, 0.25) is 5.02 Å². The van der Waals surface area contributed by atoms with Gasteiger partial charge in [-0.3, -0.25) is 4.79 Å². The molecule has 2 aromatic heterocycles. The molecule has 25 heavy (non-hydrogen) atoms. The quantitative estimate of drug-likeness (QED) is 0.754. The maximum atomic E-state index is 12.7. The number of hydrogen-bond donors (Lipinski definition) is 1. The summed E-state index contributed by atoms with van der Waals surface area (Å²) in [5.41, 5.74) is 2.39. The minimum absolute atomic E-state index is 0.132. The van der Waals surface area contributed by atoms with E-state index < -0.39 is 0 Å².